The molecule has 0 atom stereocenters. The van der Waals surface area contributed by atoms with E-state index in [1.165, 1.54) is 11.1 Å². The van der Waals surface area contributed by atoms with Crippen LogP contribution >= 0.6 is 12.2 Å². The molecule has 0 saturated carbocycles. The van der Waals surface area contributed by atoms with Crippen molar-refractivity contribution in [2.45, 2.75) is 26.7 Å². The topological polar surface area (TPSA) is 48.6 Å². The van der Waals surface area contributed by atoms with Crippen LogP contribution in [0, 0.1) is 11.7 Å². The minimum Gasteiger partial charge on any atom is -0.335 e. The Morgan fingerprint density at radius 3 is 2.44 bits per heavy atom. The van der Waals surface area contributed by atoms with Gasteiger partial charge in [-0.25, -0.2) is 0 Å². The molecular weight excluding hydrogens is 244 g/mol. The highest BCUT2D eigenvalue weighted by atomic mass is 32.1. The molecule has 0 radical (unpaired) electrons. The van der Waals surface area contributed by atoms with Crippen LogP contribution in [-0.4, -0.2) is 9.97 Å². The lowest BCUT2D eigenvalue weighted by molar-refractivity contribution is 0.911. The van der Waals surface area contributed by atoms with E-state index in [-0.39, 0.29) is 5.56 Å². The van der Waals surface area contributed by atoms with Gasteiger partial charge in [0.15, 0.2) is 4.77 Å². The van der Waals surface area contributed by atoms with Crippen molar-refractivity contribution in [1.29, 1.82) is 0 Å². The molecule has 4 heteroatoms. The quantitative estimate of drug-likeness (QED) is 0.834. The third-order valence-corrected chi connectivity index (χ3v) is 3.19. The molecule has 1 aromatic carbocycles. The van der Waals surface area contributed by atoms with Crippen LogP contribution in [0.15, 0.2) is 29.1 Å². The summed E-state index contributed by atoms with van der Waals surface area (Å²) in [6.07, 6.45) is 1.40. The normalized spacial score (nSPS) is 10.6. The number of H-pyrrole nitrogens is 2. The van der Waals surface area contributed by atoms with Gasteiger partial charge in [0.2, 0.25) is 0 Å². The van der Waals surface area contributed by atoms with Gasteiger partial charge in [0, 0.05) is 17.7 Å². The fraction of sp³-hybridized carbons (Fsp3) is 0.286. The predicted molar refractivity (Wildman–Crippen MR) is 75.6 cm³/mol. The molecule has 2 N–H and O–H groups in total. The van der Waals surface area contributed by atoms with Crippen LogP contribution in [0.3, 0.4) is 0 Å². The summed E-state index contributed by atoms with van der Waals surface area (Å²) in [5, 5.41) is 0. The van der Waals surface area contributed by atoms with E-state index in [9.17, 15) is 4.79 Å². The number of aryl methyl sites for hydroxylation is 1. The highest BCUT2D eigenvalue weighted by Gasteiger charge is 2.07. The Morgan fingerprint density at radius 2 is 1.83 bits per heavy atom. The summed E-state index contributed by atoms with van der Waals surface area (Å²) in [4.78, 5) is 17.5. The molecule has 1 aromatic heterocycles. The molecule has 0 amide bonds. The zero-order chi connectivity index (χ0) is 13.1. The van der Waals surface area contributed by atoms with Gasteiger partial charge in [-0.15, -0.1) is 0 Å². The molecule has 0 aliphatic rings. The first-order valence-corrected chi connectivity index (χ1v) is 6.41. The number of benzene rings is 1. The van der Waals surface area contributed by atoms with Crippen molar-refractivity contribution in [3.05, 3.63) is 61.8 Å². The number of hydrogen-bond donors (Lipinski definition) is 2. The minimum absolute atomic E-state index is 0.0802. The molecule has 0 unspecified atom stereocenters. The number of aromatic nitrogens is 2. The lowest BCUT2D eigenvalue weighted by Crippen LogP contribution is -2.17. The number of hydrogen-bond acceptors (Lipinski definition) is 2. The van der Waals surface area contributed by atoms with Crippen LogP contribution < -0.4 is 5.56 Å². The molecule has 0 aliphatic heterocycles. The van der Waals surface area contributed by atoms with Crippen LogP contribution in [0.1, 0.15) is 29.3 Å². The van der Waals surface area contributed by atoms with Crippen molar-refractivity contribution in [1.82, 2.24) is 9.97 Å². The number of rotatable bonds is 3. The zero-order valence-corrected chi connectivity index (χ0v) is 11.4. The Hall–Kier alpha value is -1.68. The summed E-state index contributed by atoms with van der Waals surface area (Å²) in [5.41, 5.74) is 4.02. The van der Waals surface area contributed by atoms with Crippen molar-refractivity contribution in [2.75, 3.05) is 0 Å². The lowest BCUT2D eigenvalue weighted by atomic mass is 10.0. The molecule has 1 heterocycles. The first-order chi connectivity index (χ1) is 8.60. The summed E-state index contributed by atoms with van der Waals surface area (Å²) >= 11 is 5.02. The Kier molecular flexibility index (Phi) is 3.77. The smallest absolute Gasteiger partial charge is 0.255 e. The highest BCUT2D eigenvalue weighted by molar-refractivity contribution is 7.71. The van der Waals surface area contributed by atoms with Crippen molar-refractivity contribution in [2.24, 2.45) is 0 Å². The van der Waals surface area contributed by atoms with E-state index in [1.807, 2.05) is 6.92 Å². The Balaban J connectivity index is 2.42. The van der Waals surface area contributed by atoms with Crippen molar-refractivity contribution < 1.29 is 0 Å². The number of aromatic amines is 2. The average molecular weight is 260 g/mol. The maximum absolute atomic E-state index is 11.8. The molecule has 0 fully saturated rings. The molecule has 2 rings (SSSR count). The van der Waals surface area contributed by atoms with Crippen molar-refractivity contribution in [3.63, 3.8) is 0 Å². The van der Waals surface area contributed by atoms with Gasteiger partial charge >= 0.3 is 0 Å². The van der Waals surface area contributed by atoms with Gasteiger partial charge in [-0.2, -0.15) is 0 Å². The Bertz CT molecular complexity index is 653. The summed E-state index contributed by atoms with van der Waals surface area (Å²) in [6, 6.07) is 8.30. The molecule has 0 bridgehead atoms. The van der Waals surface area contributed by atoms with Crippen molar-refractivity contribution >= 4 is 12.2 Å². The summed E-state index contributed by atoms with van der Waals surface area (Å²) in [6.45, 7) is 4.03. The van der Waals surface area contributed by atoms with Gasteiger partial charge < -0.3 is 4.98 Å². The van der Waals surface area contributed by atoms with E-state index in [2.05, 4.69) is 41.2 Å². The van der Waals surface area contributed by atoms with E-state index in [1.54, 1.807) is 0 Å². The molecule has 94 valence electrons. The van der Waals surface area contributed by atoms with Gasteiger partial charge in [0.1, 0.15) is 0 Å². The van der Waals surface area contributed by atoms with Gasteiger partial charge in [-0.3, -0.25) is 9.78 Å². The maximum atomic E-state index is 11.8. The fourth-order valence-corrected chi connectivity index (χ4v) is 2.21. The molecule has 18 heavy (non-hydrogen) atoms. The fourth-order valence-electron chi connectivity index (χ4n) is 1.99. The summed E-state index contributed by atoms with van der Waals surface area (Å²) in [7, 11) is 0. The Morgan fingerprint density at radius 1 is 1.17 bits per heavy atom. The van der Waals surface area contributed by atoms with Crippen LogP contribution in [0.25, 0.3) is 0 Å². The molecule has 0 spiro atoms. The van der Waals surface area contributed by atoms with Crippen LogP contribution in [0.2, 0.25) is 0 Å². The van der Waals surface area contributed by atoms with E-state index < -0.39 is 0 Å². The van der Waals surface area contributed by atoms with Gasteiger partial charge in [-0.05, 0) is 31.1 Å². The van der Waals surface area contributed by atoms with Gasteiger partial charge in [0.05, 0.1) is 0 Å². The van der Waals surface area contributed by atoms with Crippen LogP contribution in [0.5, 0.6) is 0 Å². The maximum Gasteiger partial charge on any atom is 0.255 e. The SMILES string of the molecule is CCc1c(Cc2ccc(C)cc2)[nH]c(=S)[nH]c1=O. The largest absolute Gasteiger partial charge is 0.335 e. The van der Waals surface area contributed by atoms with Crippen LogP contribution in [-0.2, 0) is 12.8 Å². The summed E-state index contributed by atoms with van der Waals surface area (Å²) < 4.78 is 0.388. The van der Waals surface area contributed by atoms with E-state index >= 15 is 0 Å². The van der Waals surface area contributed by atoms with Gasteiger partial charge in [0.25, 0.3) is 5.56 Å². The number of nitrogens with one attached hydrogen (secondary N) is 2. The predicted octanol–water partition coefficient (Wildman–Crippen LogP) is 2.89. The lowest BCUT2D eigenvalue weighted by Gasteiger charge is -2.07. The van der Waals surface area contributed by atoms with Crippen molar-refractivity contribution in [3.8, 4) is 0 Å². The van der Waals surface area contributed by atoms with E-state index in [0.717, 1.165) is 11.3 Å². The molecule has 2 aromatic rings. The second-order valence-corrected chi connectivity index (χ2v) is 4.79. The monoisotopic (exact) mass is 260 g/mol. The van der Waals surface area contributed by atoms with Gasteiger partial charge in [-0.1, -0.05) is 36.8 Å². The molecular formula is C14H16N2OS. The minimum atomic E-state index is -0.0802. The summed E-state index contributed by atoms with van der Waals surface area (Å²) in [5.74, 6) is 0. The standard InChI is InChI=1S/C14H16N2OS/c1-3-11-12(15-14(18)16-13(11)17)8-10-6-4-9(2)5-7-10/h4-7H,3,8H2,1-2H3,(H2,15,16,17,18). The Labute approximate surface area is 111 Å². The average Bonchev–Trinajstić information content (AvgIpc) is 2.32. The third-order valence-electron chi connectivity index (χ3n) is 2.98. The molecule has 0 aliphatic carbocycles. The van der Waals surface area contributed by atoms with E-state index in [4.69, 9.17) is 12.2 Å². The first-order valence-electron chi connectivity index (χ1n) is 6.00. The van der Waals surface area contributed by atoms with E-state index in [0.29, 0.717) is 17.6 Å². The third kappa shape index (κ3) is 2.76. The zero-order valence-electron chi connectivity index (χ0n) is 10.5. The highest BCUT2D eigenvalue weighted by Crippen LogP contribution is 2.10. The second-order valence-electron chi connectivity index (χ2n) is 4.38. The second kappa shape index (κ2) is 5.31. The molecule has 0 saturated heterocycles. The molecule has 3 nitrogen and oxygen atoms in total. The van der Waals surface area contributed by atoms with Crippen LogP contribution in [0.4, 0.5) is 0 Å². The first kappa shape index (κ1) is 12.8.